The highest BCUT2D eigenvalue weighted by atomic mass is 16.7. The van der Waals surface area contributed by atoms with Crippen molar-refractivity contribution in [3.8, 4) is 0 Å². The van der Waals surface area contributed by atoms with Crippen molar-refractivity contribution in [2.45, 2.75) is 37.8 Å². The number of hydrogen-bond acceptors (Lipinski definition) is 12. The van der Waals surface area contributed by atoms with E-state index in [0.717, 1.165) is 22.3 Å². The van der Waals surface area contributed by atoms with Crippen LogP contribution in [-0.2, 0) is 54.8 Å². The van der Waals surface area contributed by atoms with Gasteiger partial charge in [0.05, 0.1) is 13.1 Å². The normalized spacial score (nSPS) is 21.2. The quantitative estimate of drug-likeness (QED) is 0.105. The van der Waals surface area contributed by atoms with Gasteiger partial charge in [-0.15, -0.1) is 0 Å². The molecule has 2 aromatic carbocycles. The van der Waals surface area contributed by atoms with Gasteiger partial charge in [-0.1, -0.05) is 48.5 Å². The molecular formula is C36H50N10O10. The summed E-state index contributed by atoms with van der Waals surface area (Å²) in [5.41, 5.74) is 15.0. The summed E-state index contributed by atoms with van der Waals surface area (Å²) in [4.78, 5) is 82.4. The van der Waals surface area contributed by atoms with E-state index in [1.165, 1.54) is 9.80 Å². The molecule has 2 atom stereocenters. The van der Waals surface area contributed by atoms with Crippen LogP contribution in [0, 0.1) is 0 Å². The molecule has 0 saturated carbocycles. The van der Waals surface area contributed by atoms with Crippen molar-refractivity contribution in [2.24, 2.45) is 11.5 Å². The third-order valence-corrected chi connectivity index (χ3v) is 9.77. The number of aliphatic hydroxyl groups is 2. The lowest BCUT2D eigenvalue weighted by molar-refractivity contribution is -0.338. The van der Waals surface area contributed by atoms with Gasteiger partial charge in [-0.3, -0.25) is 19.2 Å². The number of rotatable bonds is 12. The van der Waals surface area contributed by atoms with Crippen LogP contribution in [0.3, 0.4) is 0 Å². The maximum atomic E-state index is 12.8. The highest BCUT2D eigenvalue weighted by Gasteiger charge is 2.51. The van der Waals surface area contributed by atoms with E-state index < -0.39 is 61.5 Å². The molecule has 0 spiro atoms. The van der Waals surface area contributed by atoms with Gasteiger partial charge in [-0.25, -0.2) is 9.59 Å². The summed E-state index contributed by atoms with van der Waals surface area (Å²) in [6, 6.07) is 14.6. The maximum Gasteiger partial charge on any atom is 0.317 e. The van der Waals surface area contributed by atoms with Gasteiger partial charge >= 0.3 is 12.1 Å². The highest BCUT2D eigenvalue weighted by Crippen LogP contribution is 2.23. The first kappa shape index (κ1) is 41.8. The summed E-state index contributed by atoms with van der Waals surface area (Å²) in [6.45, 7) is 0.597. The third kappa shape index (κ3) is 10.9. The van der Waals surface area contributed by atoms with Crippen molar-refractivity contribution in [3.05, 3.63) is 70.8 Å². The first-order valence-corrected chi connectivity index (χ1v) is 18.3. The van der Waals surface area contributed by atoms with Gasteiger partial charge in [-0.2, -0.15) is 0 Å². The molecule has 3 aliphatic heterocycles. The van der Waals surface area contributed by atoms with Gasteiger partial charge in [0.1, 0.15) is 13.2 Å². The minimum atomic E-state index is -2.62. The predicted octanol–water partition coefficient (Wildman–Crippen LogP) is -3.33. The molecule has 20 nitrogen and oxygen atoms in total. The number of hydrogen-bond donors (Lipinski definition) is 8. The smallest absolute Gasteiger partial charge is 0.317 e. The fraction of sp³-hybridized carbons (Fsp3) is 0.500. The van der Waals surface area contributed by atoms with Crippen LogP contribution in [0.5, 0.6) is 0 Å². The molecule has 0 aliphatic carbocycles. The second-order valence-electron chi connectivity index (χ2n) is 13.6. The minimum Gasteiger partial charge on any atom is -0.356 e. The Balaban J connectivity index is 0.956. The molecule has 5 rings (SSSR count). The number of ether oxygens (including phenoxy) is 2. The number of benzene rings is 2. The Morgan fingerprint density at radius 3 is 1.12 bits per heavy atom. The monoisotopic (exact) mass is 782 g/mol. The molecule has 8 amide bonds. The SMILES string of the molecule is NCc1ccc(CNC(=O)N2CCN(C(=O)CNC(=O)[C@]3(O)CO[C@](O)(C(=O)NCC(=O)N4CCN(C(=O)NCc5ccc(CN)cc5)CC4)CO3)CC2)cc1. The number of nitrogens with one attached hydrogen (secondary N) is 4. The van der Waals surface area contributed by atoms with Gasteiger partial charge in [0.2, 0.25) is 11.8 Å². The Morgan fingerprint density at radius 2 is 0.821 bits per heavy atom. The summed E-state index contributed by atoms with van der Waals surface area (Å²) in [5.74, 6) is -8.43. The van der Waals surface area contributed by atoms with Crippen LogP contribution in [0.15, 0.2) is 48.5 Å². The molecule has 56 heavy (non-hydrogen) atoms. The Bertz CT molecular complexity index is 1580. The van der Waals surface area contributed by atoms with Crippen LogP contribution in [0.2, 0.25) is 0 Å². The van der Waals surface area contributed by atoms with Gasteiger partial charge in [-0.05, 0) is 22.3 Å². The second kappa shape index (κ2) is 19.0. The fourth-order valence-electron chi connectivity index (χ4n) is 6.07. The first-order valence-electron chi connectivity index (χ1n) is 18.3. The molecule has 0 unspecified atom stereocenters. The van der Waals surface area contributed by atoms with E-state index in [1.807, 2.05) is 48.5 Å². The van der Waals surface area contributed by atoms with Crippen molar-refractivity contribution in [1.29, 1.82) is 0 Å². The summed E-state index contributed by atoms with van der Waals surface area (Å²) >= 11 is 0. The Labute approximate surface area is 323 Å². The zero-order valence-electron chi connectivity index (χ0n) is 31.0. The van der Waals surface area contributed by atoms with Crippen LogP contribution in [-0.4, -0.2) is 156 Å². The molecule has 3 saturated heterocycles. The van der Waals surface area contributed by atoms with E-state index in [1.54, 1.807) is 9.80 Å². The van der Waals surface area contributed by atoms with Crippen LogP contribution < -0.4 is 32.7 Å². The van der Waals surface area contributed by atoms with Crippen molar-refractivity contribution < 1.29 is 48.5 Å². The molecule has 20 heteroatoms. The number of piperazine rings is 2. The van der Waals surface area contributed by atoms with Gasteiger partial charge in [0.15, 0.2) is 0 Å². The fourth-order valence-corrected chi connectivity index (χ4v) is 6.07. The van der Waals surface area contributed by atoms with Gasteiger partial charge in [0, 0.05) is 78.5 Å². The van der Waals surface area contributed by atoms with E-state index in [0.29, 0.717) is 26.2 Å². The average Bonchev–Trinajstić information content (AvgIpc) is 3.24. The molecule has 10 N–H and O–H groups in total. The number of nitrogens with zero attached hydrogens (tertiary/aromatic N) is 4. The zero-order valence-corrected chi connectivity index (χ0v) is 31.0. The topological polar surface area (TPSA) is 274 Å². The van der Waals surface area contributed by atoms with E-state index in [2.05, 4.69) is 21.3 Å². The molecule has 304 valence electrons. The molecule has 2 aromatic rings. The minimum absolute atomic E-state index is 0.224. The molecule has 0 radical (unpaired) electrons. The lowest BCUT2D eigenvalue weighted by Gasteiger charge is -2.39. The van der Waals surface area contributed by atoms with Crippen molar-refractivity contribution in [3.63, 3.8) is 0 Å². The summed E-state index contributed by atoms with van der Waals surface area (Å²) in [5, 5.41) is 31.7. The lowest BCUT2D eigenvalue weighted by atomic mass is 10.1. The van der Waals surface area contributed by atoms with Crippen LogP contribution in [0.1, 0.15) is 22.3 Å². The van der Waals surface area contributed by atoms with Crippen LogP contribution in [0.25, 0.3) is 0 Å². The molecule has 3 fully saturated rings. The zero-order chi connectivity index (χ0) is 40.3. The number of carbonyl (C=O) groups is 6. The van der Waals surface area contributed by atoms with Crippen molar-refractivity contribution >= 4 is 35.7 Å². The Morgan fingerprint density at radius 1 is 0.518 bits per heavy atom. The second-order valence-corrected chi connectivity index (χ2v) is 13.6. The van der Waals surface area contributed by atoms with Gasteiger partial charge in [0.25, 0.3) is 23.4 Å². The molecule has 0 aromatic heterocycles. The molecular weight excluding hydrogens is 732 g/mol. The summed E-state index contributed by atoms with van der Waals surface area (Å²) < 4.78 is 10.3. The Kier molecular flexibility index (Phi) is 14.2. The summed E-state index contributed by atoms with van der Waals surface area (Å²) in [7, 11) is 0. The average molecular weight is 783 g/mol. The van der Waals surface area contributed by atoms with Crippen molar-refractivity contribution in [1.82, 2.24) is 40.9 Å². The lowest BCUT2D eigenvalue weighted by Crippen LogP contribution is -2.65. The van der Waals surface area contributed by atoms with Crippen molar-refractivity contribution in [2.75, 3.05) is 78.7 Å². The maximum absolute atomic E-state index is 12.8. The van der Waals surface area contributed by atoms with E-state index >= 15 is 0 Å². The highest BCUT2D eigenvalue weighted by molar-refractivity contribution is 5.90. The number of carbonyl (C=O) groups excluding carboxylic acids is 6. The summed E-state index contributed by atoms with van der Waals surface area (Å²) in [6.07, 6.45) is 0. The standard InChI is InChI=1S/C36H50N10O10/c37-17-25-1-5-27(6-2-25)19-41-33(51)45-13-9-43(10-14-45)29(47)21-39-31(49)35(53)23-56-36(54,24-55-35)32(50)40-22-30(48)44-11-15-46(16-12-44)34(52)42-20-28-7-3-26(18-38)4-8-28/h1-8,53-54H,9-24,37-38H2,(H,39,49)(H,40,50)(H,41,51)(H,42,52)/t35-,36-/m0/s1. The van der Waals surface area contributed by atoms with E-state index in [9.17, 15) is 39.0 Å². The van der Waals surface area contributed by atoms with Crippen LogP contribution in [0.4, 0.5) is 9.59 Å². The van der Waals surface area contributed by atoms with Crippen LogP contribution >= 0.6 is 0 Å². The van der Waals surface area contributed by atoms with E-state index in [4.69, 9.17) is 20.9 Å². The largest absolute Gasteiger partial charge is 0.356 e. The molecule has 3 heterocycles. The van der Waals surface area contributed by atoms with Gasteiger partial charge < -0.3 is 72.0 Å². The molecule has 0 bridgehead atoms. The third-order valence-electron chi connectivity index (χ3n) is 9.77. The predicted molar refractivity (Wildman–Crippen MR) is 197 cm³/mol. The number of urea groups is 2. The number of amides is 8. The number of nitrogens with two attached hydrogens (primary N) is 2. The van der Waals surface area contributed by atoms with E-state index in [-0.39, 0.29) is 64.4 Å². The Hall–Kier alpha value is -5.38. The first-order chi connectivity index (χ1) is 26.8. The molecule has 3 aliphatic rings.